The summed E-state index contributed by atoms with van der Waals surface area (Å²) in [5.74, 6) is -0.303. The highest BCUT2D eigenvalue weighted by Gasteiger charge is 2.13. The molecule has 1 fully saturated rings. The summed E-state index contributed by atoms with van der Waals surface area (Å²) in [6.07, 6.45) is 6.45. The number of carbonyl (C=O) groups is 2. The first-order valence-electron chi connectivity index (χ1n) is 5.38. The van der Waals surface area contributed by atoms with Gasteiger partial charge in [-0.2, -0.15) is 0 Å². The quantitative estimate of drug-likeness (QED) is 0.524. The largest absolute Gasteiger partial charge is 0.463 e. The van der Waals surface area contributed by atoms with Crippen LogP contribution in [-0.2, 0) is 14.3 Å². The topological polar surface area (TPSA) is 46.6 Å². The van der Waals surface area contributed by atoms with Crippen LogP contribution in [-0.4, -0.2) is 29.9 Å². The molecule has 0 aromatic rings. The molecule has 15 heavy (non-hydrogen) atoms. The Bertz CT molecular complexity index is 261. The summed E-state index contributed by atoms with van der Waals surface area (Å²) in [6.45, 7) is 2.81. The fourth-order valence-corrected chi connectivity index (χ4v) is 1.50. The van der Waals surface area contributed by atoms with Crippen molar-refractivity contribution in [3.63, 3.8) is 0 Å². The number of hydrogen-bond donors (Lipinski definition) is 0. The molecule has 1 aliphatic heterocycles. The van der Waals surface area contributed by atoms with Crippen LogP contribution in [0.5, 0.6) is 0 Å². The van der Waals surface area contributed by atoms with Gasteiger partial charge in [-0.05, 0) is 19.8 Å². The van der Waals surface area contributed by atoms with Crippen LogP contribution in [0.4, 0.5) is 0 Å². The van der Waals surface area contributed by atoms with Gasteiger partial charge in [-0.1, -0.05) is 6.42 Å². The summed E-state index contributed by atoms with van der Waals surface area (Å²) in [6, 6.07) is 0. The molecular formula is C11H17NO3. The van der Waals surface area contributed by atoms with E-state index in [2.05, 4.69) is 0 Å². The molecule has 4 heteroatoms. The van der Waals surface area contributed by atoms with E-state index in [1.54, 1.807) is 11.8 Å². The Labute approximate surface area is 89.9 Å². The fraction of sp³-hybridized carbons (Fsp3) is 0.636. The van der Waals surface area contributed by atoms with Crippen molar-refractivity contribution in [2.24, 2.45) is 0 Å². The molecule has 1 rings (SSSR count). The van der Waals surface area contributed by atoms with Crippen LogP contribution in [0.25, 0.3) is 0 Å². The summed E-state index contributed by atoms with van der Waals surface area (Å²) >= 11 is 0. The van der Waals surface area contributed by atoms with Gasteiger partial charge in [-0.3, -0.25) is 4.79 Å². The molecule has 0 aromatic carbocycles. The second-order valence-electron chi connectivity index (χ2n) is 3.47. The minimum Gasteiger partial charge on any atom is -0.463 e. The first-order valence-corrected chi connectivity index (χ1v) is 5.38. The average Bonchev–Trinajstić information content (AvgIpc) is 2.41. The van der Waals surface area contributed by atoms with Gasteiger partial charge < -0.3 is 9.64 Å². The van der Waals surface area contributed by atoms with Gasteiger partial charge in [0.1, 0.15) is 0 Å². The Balaban J connectivity index is 2.47. The highest BCUT2D eigenvalue weighted by atomic mass is 16.5. The van der Waals surface area contributed by atoms with Crippen molar-refractivity contribution in [3.8, 4) is 0 Å². The van der Waals surface area contributed by atoms with E-state index in [1.807, 2.05) is 0 Å². The lowest BCUT2D eigenvalue weighted by Gasteiger charge is -2.14. The smallest absolute Gasteiger partial charge is 0.332 e. The maximum absolute atomic E-state index is 11.5. The number of carbonyl (C=O) groups excluding carboxylic acids is 2. The third kappa shape index (κ3) is 4.14. The van der Waals surface area contributed by atoms with E-state index in [9.17, 15) is 9.59 Å². The third-order valence-electron chi connectivity index (χ3n) is 2.29. The van der Waals surface area contributed by atoms with Crippen molar-refractivity contribution in [1.29, 1.82) is 0 Å². The van der Waals surface area contributed by atoms with E-state index >= 15 is 0 Å². The molecule has 1 saturated heterocycles. The van der Waals surface area contributed by atoms with E-state index < -0.39 is 5.97 Å². The van der Waals surface area contributed by atoms with Crippen LogP contribution in [0, 0.1) is 0 Å². The van der Waals surface area contributed by atoms with Crippen LogP contribution >= 0.6 is 0 Å². The average molecular weight is 211 g/mol. The number of rotatable bonds is 3. The van der Waals surface area contributed by atoms with Crippen LogP contribution in [0.2, 0.25) is 0 Å². The van der Waals surface area contributed by atoms with Gasteiger partial charge in [0.15, 0.2) is 0 Å². The standard InChI is InChI=1S/C11H17NO3/c1-2-15-11(14)7-9-12-8-5-3-4-6-10(12)13/h7,9H,2-6,8H2,1H3/b9-7-. The third-order valence-corrected chi connectivity index (χ3v) is 2.29. The lowest BCUT2D eigenvalue weighted by Crippen LogP contribution is -2.24. The Morgan fingerprint density at radius 1 is 1.47 bits per heavy atom. The van der Waals surface area contributed by atoms with E-state index in [0.717, 1.165) is 19.3 Å². The zero-order chi connectivity index (χ0) is 11.1. The van der Waals surface area contributed by atoms with Crippen molar-refractivity contribution in [1.82, 2.24) is 4.90 Å². The molecule has 0 unspecified atom stereocenters. The van der Waals surface area contributed by atoms with E-state index in [1.165, 1.54) is 12.3 Å². The van der Waals surface area contributed by atoms with Gasteiger partial charge in [-0.15, -0.1) is 0 Å². The van der Waals surface area contributed by atoms with Crippen molar-refractivity contribution >= 4 is 11.9 Å². The van der Waals surface area contributed by atoms with Gasteiger partial charge in [0.25, 0.3) is 0 Å². The van der Waals surface area contributed by atoms with Gasteiger partial charge in [0, 0.05) is 25.2 Å². The van der Waals surface area contributed by atoms with Crippen LogP contribution in [0.1, 0.15) is 32.6 Å². The van der Waals surface area contributed by atoms with Gasteiger partial charge in [0.05, 0.1) is 6.61 Å². The van der Waals surface area contributed by atoms with Crippen LogP contribution < -0.4 is 0 Å². The lowest BCUT2D eigenvalue weighted by atomic mass is 10.2. The maximum atomic E-state index is 11.5. The van der Waals surface area contributed by atoms with Crippen molar-refractivity contribution in [3.05, 3.63) is 12.3 Å². The molecule has 0 aromatic heterocycles. The van der Waals surface area contributed by atoms with Crippen molar-refractivity contribution in [2.45, 2.75) is 32.6 Å². The van der Waals surface area contributed by atoms with Crippen molar-refractivity contribution < 1.29 is 14.3 Å². The maximum Gasteiger partial charge on any atom is 0.332 e. The summed E-state index contributed by atoms with van der Waals surface area (Å²) < 4.78 is 4.74. The minimum atomic E-state index is -0.394. The molecule has 0 N–H and O–H groups in total. The molecule has 0 radical (unpaired) electrons. The predicted octanol–water partition coefficient (Wildman–Crippen LogP) is 1.47. The summed E-state index contributed by atoms with van der Waals surface area (Å²) in [5, 5.41) is 0. The fourth-order valence-electron chi connectivity index (χ4n) is 1.50. The number of ether oxygens (including phenoxy) is 1. The Hall–Kier alpha value is -1.32. The molecule has 0 aliphatic carbocycles. The molecular weight excluding hydrogens is 194 g/mol. The number of esters is 1. The first-order chi connectivity index (χ1) is 7.24. The molecule has 84 valence electrons. The Kier molecular flexibility index (Phi) is 4.87. The number of hydrogen-bond acceptors (Lipinski definition) is 3. The molecule has 0 bridgehead atoms. The summed E-state index contributed by atoms with van der Waals surface area (Å²) in [7, 11) is 0. The molecule has 1 aliphatic rings. The lowest BCUT2D eigenvalue weighted by molar-refractivity contribution is -0.137. The summed E-state index contributed by atoms with van der Waals surface area (Å²) in [5.41, 5.74) is 0. The highest BCUT2D eigenvalue weighted by Crippen LogP contribution is 2.11. The molecule has 1 heterocycles. The zero-order valence-electron chi connectivity index (χ0n) is 9.07. The highest BCUT2D eigenvalue weighted by molar-refractivity contribution is 5.83. The van der Waals surface area contributed by atoms with Gasteiger partial charge in [0.2, 0.25) is 5.91 Å². The van der Waals surface area contributed by atoms with Gasteiger partial charge >= 0.3 is 5.97 Å². The normalized spacial score (nSPS) is 17.9. The molecule has 1 amide bonds. The second kappa shape index (κ2) is 6.22. The Morgan fingerprint density at radius 2 is 2.27 bits per heavy atom. The van der Waals surface area contributed by atoms with Crippen LogP contribution in [0.15, 0.2) is 12.3 Å². The number of nitrogens with zero attached hydrogens (tertiary/aromatic N) is 1. The Morgan fingerprint density at radius 3 is 3.00 bits per heavy atom. The first kappa shape index (κ1) is 11.8. The van der Waals surface area contributed by atoms with Crippen LogP contribution in [0.3, 0.4) is 0 Å². The van der Waals surface area contributed by atoms with E-state index in [0.29, 0.717) is 19.6 Å². The molecule has 0 saturated carbocycles. The zero-order valence-corrected chi connectivity index (χ0v) is 9.07. The monoisotopic (exact) mass is 211 g/mol. The predicted molar refractivity (Wildman–Crippen MR) is 56.0 cm³/mol. The van der Waals surface area contributed by atoms with Crippen molar-refractivity contribution in [2.75, 3.05) is 13.2 Å². The number of amides is 1. The molecule has 4 nitrogen and oxygen atoms in total. The SMILES string of the molecule is CCOC(=O)/C=C\N1CCCCCC1=O. The van der Waals surface area contributed by atoms with Gasteiger partial charge in [-0.25, -0.2) is 4.79 Å². The summed E-state index contributed by atoms with van der Waals surface area (Å²) in [4.78, 5) is 24.1. The molecule has 0 atom stereocenters. The van der Waals surface area contributed by atoms with E-state index in [-0.39, 0.29) is 5.91 Å². The second-order valence-corrected chi connectivity index (χ2v) is 3.47. The minimum absolute atomic E-state index is 0.0908. The van der Waals surface area contributed by atoms with E-state index in [4.69, 9.17) is 4.74 Å². The molecule has 0 spiro atoms. The number of likely N-dealkylation sites (tertiary alicyclic amines) is 1.